The summed E-state index contributed by atoms with van der Waals surface area (Å²) in [5, 5.41) is 0. The third-order valence-corrected chi connectivity index (χ3v) is 3.36. The molecule has 0 N–H and O–H groups in total. The van der Waals surface area contributed by atoms with Gasteiger partial charge < -0.3 is 4.74 Å². The van der Waals surface area contributed by atoms with E-state index in [4.69, 9.17) is 0 Å². The van der Waals surface area contributed by atoms with Gasteiger partial charge in [-0.05, 0) is 6.92 Å². The average molecular weight is 275 g/mol. The Morgan fingerprint density at radius 1 is 1.50 bits per heavy atom. The fourth-order valence-corrected chi connectivity index (χ4v) is 2.15. The first kappa shape index (κ1) is 15.0. The Morgan fingerprint density at radius 3 is 2.67 bits per heavy atom. The molecule has 0 unspecified atom stereocenters. The quantitative estimate of drug-likeness (QED) is 0.573. The van der Waals surface area contributed by atoms with Gasteiger partial charge in [0.15, 0.2) is 6.61 Å². The molecule has 1 amide bonds. The predicted molar refractivity (Wildman–Crippen MR) is 68.2 cm³/mol. The number of amides is 1. The van der Waals surface area contributed by atoms with Crippen LogP contribution in [-0.4, -0.2) is 44.2 Å². The van der Waals surface area contributed by atoms with Crippen molar-refractivity contribution in [3.63, 3.8) is 0 Å². The minimum absolute atomic E-state index is 0.354. The SMILES string of the molecule is C[C@@H](CC#C[Si](C)(C)C)N1CC(F)(F)COC1=O. The maximum Gasteiger partial charge on any atom is 0.410 e. The van der Waals surface area contributed by atoms with Gasteiger partial charge in [0.05, 0.1) is 6.54 Å². The van der Waals surface area contributed by atoms with Crippen LogP contribution in [0.15, 0.2) is 0 Å². The molecule has 6 heteroatoms. The first-order valence-electron chi connectivity index (χ1n) is 5.92. The number of carbonyl (C=O) groups excluding carboxylic acids is 1. The van der Waals surface area contributed by atoms with Crippen molar-refractivity contribution >= 4 is 14.2 Å². The molecule has 1 fully saturated rings. The van der Waals surface area contributed by atoms with Crippen LogP contribution < -0.4 is 0 Å². The van der Waals surface area contributed by atoms with Crippen molar-refractivity contribution < 1.29 is 18.3 Å². The van der Waals surface area contributed by atoms with Crippen molar-refractivity contribution in [2.24, 2.45) is 0 Å². The zero-order valence-corrected chi connectivity index (χ0v) is 12.2. The topological polar surface area (TPSA) is 29.5 Å². The number of hydrogen-bond donors (Lipinski definition) is 0. The van der Waals surface area contributed by atoms with E-state index < -0.39 is 33.2 Å². The van der Waals surface area contributed by atoms with E-state index in [9.17, 15) is 13.6 Å². The lowest BCUT2D eigenvalue weighted by Crippen LogP contribution is -2.52. The highest BCUT2D eigenvalue weighted by molar-refractivity contribution is 6.83. The van der Waals surface area contributed by atoms with Gasteiger partial charge in [0.25, 0.3) is 5.92 Å². The van der Waals surface area contributed by atoms with E-state index >= 15 is 0 Å². The van der Waals surface area contributed by atoms with E-state index in [1.165, 1.54) is 0 Å². The Hall–Kier alpha value is -1.09. The number of ether oxygens (including phenoxy) is 1. The summed E-state index contributed by atoms with van der Waals surface area (Å²) in [6.07, 6.45) is -0.279. The van der Waals surface area contributed by atoms with Gasteiger partial charge in [0.2, 0.25) is 0 Å². The van der Waals surface area contributed by atoms with Gasteiger partial charge in [0, 0.05) is 12.5 Å². The number of cyclic esters (lactones) is 1. The molecule has 0 aliphatic carbocycles. The highest BCUT2D eigenvalue weighted by Crippen LogP contribution is 2.23. The Labute approximate surface area is 107 Å². The Balaban J connectivity index is 2.62. The summed E-state index contributed by atoms with van der Waals surface area (Å²) in [6, 6.07) is -0.354. The van der Waals surface area contributed by atoms with Crippen molar-refractivity contribution in [1.29, 1.82) is 0 Å². The number of halogens is 2. The van der Waals surface area contributed by atoms with E-state index in [0.717, 1.165) is 4.90 Å². The summed E-state index contributed by atoms with van der Waals surface area (Å²) in [5.41, 5.74) is 3.15. The maximum atomic E-state index is 13.2. The fourth-order valence-electron chi connectivity index (χ4n) is 1.52. The largest absolute Gasteiger partial charge is 0.443 e. The van der Waals surface area contributed by atoms with Gasteiger partial charge in [0.1, 0.15) is 8.07 Å². The van der Waals surface area contributed by atoms with Gasteiger partial charge in [-0.25, -0.2) is 13.6 Å². The molecular formula is C12H19F2NO2Si. The minimum Gasteiger partial charge on any atom is -0.443 e. The molecule has 102 valence electrons. The standard InChI is InChI=1S/C12H19F2NO2Si/c1-10(6-5-7-18(2,3)4)15-8-12(13,14)9-17-11(15)16/h10H,6,8-9H2,1-4H3/t10-/m0/s1. The maximum absolute atomic E-state index is 13.2. The highest BCUT2D eigenvalue weighted by atomic mass is 28.3. The van der Waals surface area contributed by atoms with Crippen molar-refractivity contribution in [3.8, 4) is 11.5 Å². The molecule has 18 heavy (non-hydrogen) atoms. The van der Waals surface area contributed by atoms with Crippen LogP contribution in [0.25, 0.3) is 0 Å². The molecule has 0 spiro atoms. The van der Waals surface area contributed by atoms with E-state index in [1.807, 2.05) is 0 Å². The fraction of sp³-hybridized carbons (Fsp3) is 0.750. The van der Waals surface area contributed by atoms with Gasteiger partial charge in [-0.3, -0.25) is 4.90 Å². The number of carbonyl (C=O) groups is 1. The molecule has 0 radical (unpaired) electrons. The number of alkyl halides is 2. The second kappa shape index (κ2) is 5.27. The van der Waals surface area contributed by atoms with Gasteiger partial charge >= 0.3 is 6.09 Å². The minimum atomic E-state index is -2.96. The molecule has 1 aliphatic heterocycles. The zero-order chi connectivity index (χ0) is 14.0. The number of nitrogens with zero attached hydrogens (tertiary/aromatic N) is 1. The highest BCUT2D eigenvalue weighted by Gasteiger charge is 2.42. The third kappa shape index (κ3) is 4.65. The van der Waals surface area contributed by atoms with Crippen molar-refractivity contribution in [2.45, 2.75) is 44.9 Å². The lowest BCUT2D eigenvalue weighted by Gasteiger charge is -2.35. The third-order valence-electron chi connectivity index (χ3n) is 2.44. The van der Waals surface area contributed by atoms with Crippen LogP contribution in [0.2, 0.25) is 19.6 Å². The summed E-state index contributed by atoms with van der Waals surface area (Å²) in [4.78, 5) is 12.5. The van der Waals surface area contributed by atoms with Crippen LogP contribution in [0.5, 0.6) is 0 Å². The molecule has 1 heterocycles. The summed E-state index contributed by atoms with van der Waals surface area (Å²) in [7, 11) is -1.46. The van der Waals surface area contributed by atoms with Gasteiger partial charge in [-0.2, -0.15) is 0 Å². The predicted octanol–water partition coefficient (Wildman–Crippen LogP) is 2.73. The first-order chi connectivity index (χ1) is 8.11. The molecule has 0 aromatic carbocycles. The molecule has 0 bridgehead atoms. The average Bonchev–Trinajstić information content (AvgIpc) is 2.19. The summed E-state index contributed by atoms with van der Waals surface area (Å²) >= 11 is 0. The van der Waals surface area contributed by atoms with Crippen LogP contribution in [0, 0.1) is 11.5 Å². The zero-order valence-electron chi connectivity index (χ0n) is 11.2. The molecule has 1 saturated heterocycles. The lowest BCUT2D eigenvalue weighted by atomic mass is 10.2. The molecule has 0 aromatic heterocycles. The molecule has 3 nitrogen and oxygen atoms in total. The Morgan fingerprint density at radius 2 is 2.11 bits per heavy atom. The van der Waals surface area contributed by atoms with Crippen LogP contribution in [-0.2, 0) is 4.74 Å². The number of hydrogen-bond acceptors (Lipinski definition) is 2. The molecule has 1 rings (SSSR count). The molecule has 1 atom stereocenters. The lowest BCUT2D eigenvalue weighted by molar-refractivity contribution is -0.112. The van der Waals surface area contributed by atoms with Gasteiger partial charge in [-0.1, -0.05) is 19.6 Å². The first-order valence-corrected chi connectivity index (χ1v) is 9.42. The monoisotopic (exact) mass is 275 g/mol. The Kier molecular flexibility index (Phi) is 4.38. The van der Waals surface area contributed by atoms with Crippen LogP contribution in [0.3, 0.4) is 0 Å². The van der Waals surface area contributed by atoms with E-state index in [0.29, 0.717) is 6.42 Å². The van der Waals surface area contributed by atoms with E-state index in [2.05, 4.69) is 35.8 Å². The molecular weight excluding hydrogens is 256 g/mol. The second-order valence-electron chi connectivity index (χ2n) is 5.64. The second-order valence-corrected chi connectivity index (χ2v) is 10.4. The smallest absolute Gasteiger partial charge is 0.410 e. The summed E-state index contributed by atoms with van der Waals surface area (Å²) < 4.78 is 30.8. The Bertz CT molecular complexity index is 382. The summed E-state index contributed by atoms with van der Waals surface area (Å²) in [6.45, 7) is 6.62. The van der Waals surface area contributed by atoms with Crippen LogP contribution in [0.4, 0.5) is 13.6 Å². The van der Waals surface area contributed by atoms with E-state index in [1.54, 1.807) is 6.92 Å². The van der Waals surface area contributed by atoms with Crippen LogP contribution >= 0.6 is 0 Å². The molecule has 0 saturated carbocycles. The molecule has 1 aliphatic rings. The van der Waals surface area contributed by atoms with Crippen molar-refractivity contribution in [3.05, 3.63) is 0 Å². The van der Waals surface area contributed by atoms with Crippen LogP contribution in [0.1, 0.15) is 13.3 Å². The molecule has 0 aromatic rings. The normalized spacial score (nSPS) is 20.8. The number of rotatable bonds is 2. The van der Waals surface area contributed by atoms with Gasteiger partial charge in [-0.15, -0.1) is 11.5 Å². The summed E-state index contributed by atoms with van der Waals surface area (Å²) in [5.74, 6) is 0.0238. The van der Waals surface area contributed by atoms with Crippen molar-refractivity contribution in [2.75, 3.05) is 13.2 Å². The van der Waals surface area contributed by atoms with E-state index in [-0.39, 0.29) is 6.04 Å². The van der Waals surface area contributed by atoms with Crippen molar-refractivity contribution in [1.82, 2.24) is 4.90 Å².